The molecule has 1 aromatic carbocycles. The number of nitrogens with zero attached hydrogens (tertiary/aromatic N) is 3. The number of aromatic nitrogens is 1. The number of benzene rings is 1. The molecule has 1 saturated heterocycles. The van der Waals surface area contributed by atoms with Crippen molar-refractivity contribution in [1.82, 2.24) is 9.88 Å². The van der Waals surface area contributed by atoms with E-state index >= 15 is 0 Å². The first kappa shape index (κ1) is 16.7. The van der Waals surface area contributed by atoms with Crippen LogP contribution >= 0.6 is 11.3 Å². The van der Waals surface area contributed by atoms with Crippen molar-refractivity contribution in [1.29, 1.82) is 5.26 Å². The van der Waals surface area contributed by atoms with Gasteiger partial charge in [-0.25, -0.2) is 4.98 Å². The van der Waals surface area contributed by atoms with Crippen LogP contribution in [-0.2, 0) is 0 Å². The summed E-state index contributed by atoms with van der Waals surface area (Å²) in [6, 6.07) is 9.04. The molecule has 24 heavy (non-hydrogen) atoms. The predicted octanol–water partition coefficient (Wildman–Crippen LogP) is 4.16. The molecule has 0 bridgehead atoms. The summed E-state index contributed by atoms with van der Waals surface area (Å²) in [5.41, 5.74) is 2.26. The molecular weight excluding hydrogens is 318 g/mol. The fraction of sp³-hybridized carbons (Fsp3) is 0.421. The van der Waals surface area contributed by atoms with Crippen molar-refractivity contribution >= 4 is 17.2 Å². The summed E-state index contributed by atoms with van der Waals surface area (Å²) in [4.78, 5) is 19.4. The van der Waals surface area contributed by atoms with E-state index < -0.39 is 0 Å². The van der Waals surface area contributed by atoms with Gasteiger partial charge in [0.1, 0.15) is 0 Å². The molecule has 0 N–H and O–H groups in total. The van der Waals surface area contributed by atoms with Crippen molar-refractivity contribution < 1.29 is 4.79 Å². The largest absolute Gasteiger partial charge is 0.338 e. The number of thiazole rings is 1. The number of rotatable bonds is 3. The second-order valence-corrected chi connectivity index (χ2v) is 7.44. The molecule has 0 spiro atoms. The van der Waals surface area contributed by atoms with Crippen LogP contribution < -0.4 is 0 Å². The number of hydrogen-bond donors (Lipinski definition) is 0. The first-order valence-corrected chi connectivity index (χ1v) is 9.21. The Balaban J connectivity index is 1.75. The minimum absolute atomic E-state index is 0.0115. The molecule has 4 nitrogen and oxygen atoms in total. The lowest BCUT2D eigenvalue weighted by Gasteiger charge is -2.32. The predicted molar refractivity (Wildman–Crippen MR) is 95.2 cm³/mol. The topological polar surface area (TPSA) is 57.0 Å². The third-order valence-electron chi connectivity index (χ3n) is 4.43. The van der Waals surface area contributed by atoms with Crippen molar-refractivity contribution in [3.63, 3.8) is 0 Å². The van der Waals surface area contributed by atoms with E-state index in [0.717, 1.165) is 30.1 Å². The Hall–Kier alpha value is -2.19. The number of likely N-dealkylation sites (tertiary alicyclic amines) is 1. The molecule has 0 unspecified atom stereocenters. The minimum Gasteiger partial charge on any atom is -0.338 e. The maximum absolute atomic E-state index is 12.8. The zero-order chi connectivity index (χ0) is 17.1. The maximum Gasteiger partial charge on any atom is 0.253 e. The Labute approximate surface area is 146 Å². The molecule has 124 valence electrons. The molecule has 1 aliphatic heterocycles. The van der Waals surface area contributed by atoms with E-state index in [2.05, 4.69) is 25.3 Å². The van der Waals surface area contributed by atoms with Crippen LogP contribution in [0, 0.1) is 11.3 Å². The van der Waals surface area contributed by atoms with Gasteiger partial charge in [0.2, 0.25) is 0 Å². The van der Waals surface area contributed by atoms with E-state index in [1.165, 1.54) is 0 Å². The zero-order valence-corrected chi connectivity index (χ0v) is 14.8. The maximum atomic E-state index is 12.8. The van der Waals surface area contributed by atoms with Crippen molar-refractivity contribution in [3.8, 4) is 6.07 Å². The summed E-state index contributed by atoms with van der Waals surface area (Å²) in [5, 5.41) is 12.3. The highest BCUT2D eigenvalue weighted by Crippen LogP contribution is 2.31. The Morgan fingerprint density at radius 2 is 2.29 bits per heavy atom. The van der Waals surface area contributed by atoms with Crippen molar-refractivity contribution in [3.05, 3.63) is 51.5 Å². The van der Waals surface area contributed by atoms with Gasteiger partial charge in [0.25, 0.3) is 5.91 Å². The number of carbonyl (C=O) groups excluding carboxylic acids is 1. The fourth-order valence-corrected chi connectivity index (χ4v) is 4.13. The second-order valence-electron chi connectivity index (χ2n) is 6.55. The number of piperidine rings is 1. The molecule has 5 heteroatoms. The van der Waals surface area contributed by atoms with Gasteiger partial charge >= 0.3 is 0 Å². The van der Waals surface area contributed by atoms with Gasteiger partial charge in [-0.05, 0) is 37.0 Å². The van der Waals surface area contributed by atoms with E-state index in [4.69, 9.17) is 10.2 Å². The molecule has 2 aromatic rings. The fourth-order valence-electron chi connectivity index (χ4n) is 3.02. The highest BCUT2D eigenvalue weighted by Gasteiger charge is 2.27. The van der Waals surface area contributed by atoms with Gasteiger partial charge in [-0.3, -0.25) is 4.79 Å². The molecule has 1 atom stereocenters. The second kappa shape index (κ2) is 7.14. The normalized spacial score (nSPS) is 17.8. The van der Waals surface area contributed by atoms with Gasteiger partial charge in [0.15, 0.2) is 0 Å². The van der Waals surface area contributed by atoms with Gasteiger partial charge < -0.3 is 4.90 Å². The number of nitriles is 1. The lowest BCUT2D eigenvalue weighted by Crippen LogP contribution is -2.39. The SMILES string of the molecule is CC(C)c1csc([C@H]2CCCN(C(=O)c3cccc(C#N)c3)C2)n1. The third-order valence-corrected chi connectivity index (χ3v) is 5.45. The first-order chi connectivity index (χ1) is 11.6. The molecule has 1 fully saturated rings. The summed E-state index contributed by atoms with van der Waals surface area (Å²) in [6.07, 6.45) is 2.07. The Kier molecular flexibility index (Phi) is 4.96. The molecule has 1 aromatic heterocycles. The molecule has 1 amide bonds. The molecule has 0 radical (unpaired) electrons. The monoisotopic (exact) mass is 339 g/mol. The molecule has 1 aliphatic rings. The Bertz CT molecular complexity index is 775. The third kappa shape index (κ3) is 3.49. The van der Waals surface area contributed by atoms with Crippen molar-refractivity contribution in [2.45, 2.75) is 38.5 Å². The summed E-state index contributed by atoms with van der Waals surface area (Å²) in [6.45, 7) is 5.78. The molecule has 0 aliphatic carbocycles. The molecule has 3 rings (SSSR count). The zero-order valence-electron chi connectivity index (χ0n) is 14.0. The summed E-state index contributed by atoms with van der Waals surface area (Å²) in [5.74, 6) is 0.766. The summed E-state index contributed by atoms with van der Waals surface area (Å²) in [7, 11) is 0. The van der Waals surface area contributed by atoms with E-state index in [0.29, 0.717) is 29.5 Å². The van der Waals surface area contributed by atoms with Gasteiger partial charge in [-0.15, -0.1) is 11.3 Å². The van der Waals surface area contributed by atoms with Crippen LogP contribution in [0.2, 0.25) is 0 Å². The van der Waals surface area contributed by atoms with E-state index in [1.54, 1.807) is 35.6 Å². The van der Waals surface area contributed by atoms with Gasteiger partial charge in [0, 0.05) is 30.0 Å². The van der Waals surface area contributed by atoms with Crippen LogP contribution in [0.25, 0.3) is 0 Å². The number of amides is 1. The Morgan fingerprint density at radius 1 is 1.46 bits per heavy atom. The quantitative estimate of drug-likeness (QED) is 0.844. The van der Waals surface area contributed by atoms with Crippen LogP contribution in [0.4, 0.5) is 0 Å². The number of hydrogen-bond acceptors (Lipinski definition) is 4. The molecule has 2 heterocycles. The van der Waals surface area contributed by atoms with Crippen molar-refractivity contribution in [2.75, 3.05) is 13.1 Å². The average Bonchev–Trinajstić information content (AvgIpc) is 3.12. The van der Waals surface area contributed by atoms with Gasteiger partial charge in [-0.2, -0.15) is 5.26 Å². The smallest absolute Gasteiger partial charge is 0.253 e. The summed E-state index contributed by atoms with van der Waals surface area (Å²) >= 11 is 1.71. The summed E-state index contributed by atoms with van der Waals surface area (Å²) < 4.78 is 0. The van der Waals surface area contributed by atoms with Crippen LogP contribution in [0.3, 0.4) is 0 Å². The lowest BCUT2D eigenvalue weighted by atomic mass is 9.97. The minimum atomic E-state index is 0.0115. The van der Waals surface area contributed by atoms with Gasteiger partial charge in [0.05, 0.1) is 22.3 Å². The van der Waals surface area contributed by atoms with E-state index in [-0.39, 0.29) is 5.91 Å². The van der Waals surface area contributed by atoms with Crippen LogP contribution in [-0.4, -0.2) is 28.9 Å². The van der Waals surface area contributed by atoms with Crippen LogP contribution in [0.5, 0.6) is 0 Å². The number of carbonyl (C=O) groups is 1. The van der Waals surface area contributed by atoms with Gasteiger partial charge in [-0.1, -0.05) is 19.9 Å². The van der Waals surface area contributed by atoms with Crippen LogP contribution in [0.1, 0.15) is 65.1 Å². The highest BCUT2D eigenvalue weighted by atomic mass is 32.1. The van der Waals surface area contributed by atoms with Crippen molar-refractivity contribution in [2.24, 2.45) is 0 Å². The highest BCUT2D eigenvalue weighted by molar-refractivity contribution is 7.09. The van der Waals surface area contributed by atoms with E-state index in [9.17, 15) is 4.79 Å². The first-order valence-electron chi connectivity index (χ1n) is 8.33. The van der Waals surface area contributed by atoms with Crippen LogP contribution in [0.15, 0.2) is 29.6 Å². The average molecular weight is 339 g/mol. The molecule has 0 saturated carbocycles. The Morgan fingerprint density at radius 3 is 3.00 bits per heavy atom. The lowest BCUT2D eigenvalue weighted by molar-refractivity contribution is 0.0707. The standard InChI is InChI=1S/C19H21N3OS/c1-13(2)17-12-24-18(21-17)16-7-4-8-22(11-16)19(23)15-6-3-5-14(9-15)10-20/h3,5-6,9,12-13,16H,4,7-8,11H2,1-2H3/t16-/m0/s1. The van der Waals surface area contributed by atoms with E-state index in [1.807, 2.05) is 4.90 Å². The molecular formula is C19H21N3OS.